The second-order valence-electron chi connectivity index (χ2n) is 12.2. The van der Waals surface area contributed by atoms with Gasteiger partial charge in [-0.1, -0.05) is 65.5 Å². The standard InChI is InChI=1S/C38H56N2O5/c1-5-9-19-39(20-10-6-2)23-13-25-44-37(42)30-15-17-33-32(27-30)29-36(41)35-28-31(16-18-34(33)35)38(43)45-26-14-24-40(21-11-7-3)22-12-8-4/h15-18,27-29,41H,5-14,19-26H2,1-4H3. The highest BCUT2D eigenvalue weighted by Crippen LogP contribution is 2.34. The second-order valence-corrected chi connectivity index (χ2v) is 12.2. The molecule has 0 bridgehead atoms. The zero-order chi connectivity index (χ0) is 32.4. The maximum Gasteiger partial charge on any atom is 0.338 e. The normalized spacial score (nSPS) is 11.6. The zero-order valence-electron chi connectivity index (χ0n) is 28.2. The average molecular weight is 621 g/mol. The number of phenolic OH excluding ortho intramolecular Hbond substituents is 1. The summed E-state index contributed by atoms with van der Waals surface area (Å²) in [6, 6.07) is 12.3. The van der Waals surface area contributed by atoms with Crippen molar-refractivity contribution in [2.24, 2.45) is 0 Å². The summed E-state index contributed by atoms with van der Waals surface area (Å²) in [5.74, 6) is -0.691. The number of esters is 2. The lowest BCUT2D eigenvalue weighted by Crippen LogP contribution is -2.28. The first-order valence-corrected chi connectivity index (χ1v) is 17.4. The number of carbonyl (C=O) groups is 2. The molecular formula is C38H56N2O5. The van der Waals surface area contributed by atoms with Gasteiger partial charge in [-0.25, -0.2) is 9.59 Å². The van der Waals surface area contributed by atoms with E-state index in [1.807, 2.05) is 12.1 Å². The van der Waals surface area contributed by atoms with E-state index in [-0.39, 0.29) is 17.7 Å². The minimum absolute atomic E-state index is 0.0550. The molecule has 0 saturated heterocycles. The van der Waals surface area contributed by atoms with Crippen LogP contribution in [0.2, 0.25) is 0 Å². The van der Waals surface area contributed by atoms with Crippen LogP contribution < -0.4 is 0 Å². The number of carbonyl (C=O) groups excluding carboxylic acids is 2. The molecule has 248 valence electrons. The fourth-order valence-corrected chi connectivity index (χ4v) is 5.67. The van der Waals surface area contributed by atoms with Crippen LogP contribution >= 0.6 is 0 Å². The Morgan fingerprint density at radius 1 is 0.556 bits per heavy atom. The van der Waals surface area contributed by atoms with Crippen molar-refractivity contribution in [1.82, 2.24) is 9.80 Å². The molecule has 7 heteroatoms. The maximum atomic E-state index is 12.8. The largest absolute Gasteiger partial charge is 0.507 e. The van der Waals surface area contributed by atoms with Gasteiger partial charge in [0.2, 0.25) is 0 Å². The number of aromatic hydroxyl groups is 1. The van der Waals surface area contributed by atoms with Gasteiger partial charge in [-0.2, -0.15) is 0 Å². The molecule has 0 fully saturated rings. The molecule has 0 aromatic heterocycles. The number of benzene rings is 3. The average Bonchev–Trinajstić information content (AvgIpc) is 3.06. The van der Waals surface area contributed by atoms with Crippen LogP contribution in [0.15, 0.2) is 42.5 Å². The summed E-state index contributed by atoms with van der Waals surface area (Å²) < 4.78 is 11.2. The minimum atomic E-state index is -0.387. The van der Waals surface area contributed by atoms with Crippen LogP contribution in [0.5, 0.6) is 5.75 Å². The van der Waals surface area contributed by atoms with Crippen molar-refractivity contribution in [3.63, 3.8) is 0 Å². The summed E-state index contributed by atoms with van der Waals surface area (Å²) in [5, 5.41) is 13.9. The molecular weight excluding hydrogens is 564 g/mol. The van der Waals surface area contributed by atoms with Crippen molar-refractivity contribution in [2.45, 2.75) is 91.9 Å². The molecule has 0 amide bonds. The molecule has 3 aromatic rings. The predicted molar refractivity (Wildman–Crippen MR) is 185 cm³/mol. The third-order valence-corrected chi connectivity index (χ3v) is 8.42. The van der Waals surface area contributed by atoms with Crippen molar-refractivity contribution in [3.8, 4) is 5.75 Å². The minimum Gasteiger partial charge on any atom is -0.507 e. The molecule has 1 N–H and O–H groups in total. The highest BCUT2D eigenvalue weighted by atomic mass is 16.5. The van der Waals surface area contributed by atoms with E-state index in [0.29, 0.717) is 29.7 Å². The van der Waals surface area contributed by atoms with Gasteiger partial charge in [-0.3, -0.25) is 0 Å². The third-order valence-electron chi connectivity index (χ3n) is 8.42. The van der Waals surface area contributed by atoms with E-state index < -0.39 is 0 Å². The Labute approximate surface area is 270 Å². The van der Waals surface area contributed by atoms with Crippen LogP contribution in [-0.2, 0) is 9.47 Å². The first-order chi connectivity index (χ1) is 21.9. The topological polar surface area (TPSA) is 79.3 Å². The first-order valence-electron chi connectivity index (χ1n) is 17.4. The summed E-state index contributed by atoms with van der Waals surface area (Å²) in [5.41, 5.74) is 0.868. The first kappa shape index (κ1) is 36.3. The van der Waals surface area contributed by atoms with Crippen molar-refractivity contribution in [3.05, 3.63) is 53.6 Å². The van der Waals surface area contributed by atoms with Gasteiger partial charge in [0, 0.05) is 18.5 Å². The number of ether oxygens (including phenoxy) is 2. The Morgan fingerprint density at radius 2 is 0.978 bits per heavy atom. The molecule has 0 aliphatic heterocycles. The van der Waals surface area contributed by atoms with E-state index in [4.69, 9.17) is 9.47 Å². The van der Waals surface area contributed by atoms with E-state index in [0.717, 1.165) is 68.3 Å². The maximum absolute atomic E-state index is 12.8. The van der Waals surface area contributed by atoms with Crippen LogP contribution in [0.25, 0.3) is 21.5 Å². The van der Waals surface area contributed by atoms with E-state index >= 15 is 0 Å². The van der Waals surface area contributed by atoms with Gasteiger partial charge in [0.15, 0.2) is 0 Å². The zero-order valence-corrected chi connectivity index (χ0v) is 28.2. The lowest BCUT2D eigenvalue weighted by Gasteiger charge is -2.21. The van der Waals surface area contributed by atoms with Crippen molar-refractivity contribution < 1.29 is 24.2 Å². The summed E-state index contributed by atoms with van der Waals surface area (Å²) in [7, 11) is 0. The molecule has 0 aliphatic rings. The second kappa shape index (κ2) is 20.1. The van der Waals surface area contributed by atoms with Gasteiger partial charge >= 0.3 is 11.9 Å². The Hall–Kier alpha value is -3.16. The summed E-state index contributed by atoms with van der Waals surface area (Å²) in [6.07, 6.45) is 11.0. The fourth-order valence-electron chi connectivity index (χ4n) is 5.67. The number of hydrogen-bond acceptors (Lipinski definition) is 7. The predicted octanol–water partition coefficient (Wildman–Crippen LogP) is 8.60. The van der Waals surface area contributed by atoms with E-state index in [9.17, 15) is 14.7 Å². The summed E-state index contributed by atoms with van der Waals surface area (Å²) >= 11 is 0. The fraction of sp³-hybridized carbons (Fsp3) is 0.579. The molecule has 0 unspecified atom stereocenters. The van der Waals surface area contributed by atoms with Crippen LogP contribution in [-0.4, -0.2) is 79.3 Å². The molecule has 0 heterocycles. The van der Waals surface area contributed by atoms with Crippen molar-refractivity contribution >= 4 is 33.5 Å². The number of phenols is 1. The highest BCUT2D eigenvalue weighted by molar-refractivity contribution is 6.13. The lowest BCUT2D eigenvalue weighted by molar-refractivity contribution is 0.0478. The van der Waals surface area contributed by atoms with Crippen LogP contribution in [0.4, 0.5) is 0 Å². The third kappa shape index (κ3) is 11.6. The van der Waals surface area contributed by atoms with Gasteiger partial charge < -0.3 is 24.4 Å². The monoisotopic (exact) mass is 620 g/mol. The van der Waals surface area contributed by atoms with Gasteiger partial charge in [-0.05, 0) is 111 Å². The van der Waals surface area contributed by atoms with Gasteiger partial charge in [0.1, 0.15) is 5.75 Å². The quantitative estimate of drug-likeness (QED) is 0.0684. The van der Waals surface area contributed by atoms with E-state index in [1.54, 1.807) is 30.3 Å². The Kier molecular flexibility index (Phi) is 16.2. The molecule has 0 spiro atoms. The van der Waals surface area contributed by atoms with E-state index in [2.05, 4.69) is 37.5 Å². The van der Waals surface area contributed by atoms with Crippen molar-refractivity contribution in [1.29, 1.82) is 0 Å². The molecule has 45 heavy (non-hydrogen) atoms. The molecule has 0 aliphatic carbocycles. The van der Waals surface area contributed by atoms with Crippen LogP contribution in [0, 0.1) is 0 Å². The Bertz CT molecular complexity index is 1320. The van der Waals surface area contributed by atoms with Gasteiger partial charge in [0.05, 0.1) is 24.3 Å². The molecule has 0 atom stereocenters. The number of nitrogens with zero attached hydrogens (tertiary/aromatic N) is 2. The van der Waals surface area contributed by atoms with Crippen molar-refractivity contribution in [2.75, 3.05) is 52.5 Å². The molecule has 0 saturated carbocycles. The Balaban J connectivity index is 1.59. The number of rotatable bonds is 22. The number of fused-ring (bicyclic) bond motifs is 3. The summed E-state index contributed by atoms with van der Waals surface area (Å²) in [6.45, 7) is 15.8. The van der Waals surface area contributed by atoms with Crippen LogP contribution in [0.3, 0.4) is 0 Å². The Morgan fingerprint density at radius 3 is 1.44 bits per heavy atom. The van der Waals surface area contributed by atoms with E-state index in [1.165, 1.54) is 51.4 Å². The molecule has 3 aromatic carbocycles. The SMILES string of the molecule is CCCCN(CCCC)CCCOC(=O)c1ccc2c(c1)cc(O)c1cc(C(=O)OCCCN(CCCC)CCCC)ccc12. The van der Waals surface area contributed by atoms with Gasteiger partial charge in [0.25, 0.3) is 0 Å². The lowest BCUT2D eigenvalue weighted by atomic mass is 9.98. The summed E-state index contributed by atoms with van der Waals surface area (Å²) in [4.78, 5) is 30.6. The molecule has 3 rings (SSSR count). The molecule has 7 nitrogen and oxygen atoms in total. The molecule has 0 radical (unpaired) electrons. The highest BCUT2D eigenvalue weighted by Gasteiger charge is 2.15. The smallest absolute Gasteiger partial charge is 0.338 e. The van der Waals surface area contributed by atoms with Crippen LogP contribution in [0.1, 0.15) is 113 Å². The number of unbranched alkanes of at least 4 members (excludes halogenated alkanes) is 4. The number of hydrogen-bond donors (Lipinski definition) is 1. The van der Waals surface area contributed by atoms with Gasteiger partial charge in [-0.15, -0.1) is 0 Å².